The molecule has 0 aliphatic rings. The maximum atomic E-state index is 11.6. The third-order valence-electron chi connectivity index (χ3n) is 2.76. The number of rotatable bonds is 7. The van der Waals surface area contributed by atoms with Crippen molar-refractivity contribution >= 4 is 21.8 Å². The van der Waals surface area contributed by atoms with Crippen molar-refractivity contribution in [2.75, 3.05) is 27.2 Å². The number of amides is 1. The zero-order chi connectivity index (χ0) is 15.1. The first-order valence-corrected chi connectivity index (χ1v) is 7.52. The number of halogens is 1. The van der Waals surface area contributed by atoms with Crippen LogP contribution in [0.15, 0.2) is 22.7 Å². The molecule has 0 spiro atoms. The lowest BCUT2D eigenvalue weighted by Gasteiger charge is -2.16. The van der Waals surface area contributed by atoms with E-state index in [1.54, 1.807) is 14.1 Å². The largest absolute Gasteiger partial charge is 0.482 e. The zero-order valence-corrected chi connectivity index (χ0v) is 14.2. The molecule has 0 bridgehead atoms. The van der Waals surface area contributed by atoms with Gasteiger partial charge in [0, 0.05) is 26.2 Å². The summed E-state index contributed by atoms with van der Waals surface area (Å²) in [7, 11) is 3.44. The van der Waals surface area contributed by atoms with E-state index in [1.807, 2.05) is 18.2 Å². The second-order valence-corrected chi connectivity index (χ2v) is 6.18. The number of nitrogens with one attached hydrogen (secondary N) is 1. The third-order valence-corrected chi connectivity index (χ3v) is 3.38. The Kier molecular flexibility index (Phi) is 7.02. The fourth-order valence-electron chi connectivity index (χ4n) is 1.61. The second kappa shape index (κ2) is 8.27. The van der Waals surface area contributed by atoms with Gasteiger partial charge in [-0.3, -0.25) is 4.79 Å². The highest BCUT2D eigenvalue weighted by Crippen LogP contribution is 2.29. The van der Waals surface area contributed by atoms with Crippen LogP contribution in [0.5, 0.6) is 5.75 Å². The number of para-hydroxylation sites is 1. The number of carbonyl (C=O) groups is 1. The summed E-state index contributed by atoms with van der Waals surface area (Å²) >= 11 is 3.48. The van der Waals surface area contributed by atoms with Crippen molar-refractivity contribution in [2.24, 2.45) is 5.92 Å². The summed E-state index contributed by atoms with van der Waals surface area (Å²) in [6, 6.07) is 5.89. The van der Waals surface area contributed by atoms with Crippen LogP contribution in [-0.4, -0.2) is 38.1 Å². The number of nitrogens with zero attached hydrogens (tertiary/aromatic N) is 1. The summed E-state index contributed by atoms with van der Waals surface area (Å²) in [6.07, 6.45) is 0. The van der Waals surface area contributed by atoms with Crippen LogP contribution in [-0.2, 0) is 11.3 Å². The van der Waals surface area contributed by atoms with Gasteiger partial charge in [-0.2, -0.15) is 0 Å². The number of likely N-dealkylation sites (N-methyl/N-ethyl adjacent to an activating group) is 1. The molecular weight excluding hydrogens is 320 g/mol. The van der Waals surface area contributed by atoms with E-state index in [9.17, 15) is 4.79 Å². The molecule has 0 radical (unpaired) electrons. The molecule has 1 amide bonds. The smallest absolute Gasteiger partial charge is 0.259 e. The van der Waals surface area contributed by atoms with E-state index in [-0.39, 0.29) is 12.5 Å². The molecule has 20 heavy (non-hydrogen) atoms. The molecule has 1 rings (SSSR count). The molecule has 112 valence electrons. The molecule has 0 aromatic heterocycles. The molecule has 0 saturated carbocycles. The van der Waals surface area contributed by atoms with Gasteiger partial charge in [0.15, 0.2) is 6.61 Å². The van der Waals surface area contributed by atoms with Crippen LogP contribution in [0.4, 0.5) is 0 Å². The Morgan fingerprint density at radius 3 is 2.70 bits per heavy atom. The van der Waals surface area contributed by atoms with Crippen molar-refractivity contribution in [3.63, 3.8) is 0 Å². The fourth-order valence-corrected chi connectivity index (χ4v) is 2.13. The molecule has 0 fully saturated rings. The van der Waals surface area contributed by atoms with Gasteiger partial charge in [-0.05, 0) is 34.5 Å². The number of ether oxygens (including phenoxy) is 1. The van der Waals surface area contributed by atoms with E-state index in [4.69, 9.17) is 4.74 Å². The number of benzene rings is 1. The van der Waals surface area contributed by atoms with Crippen molar-refractivity contribution < 1.29 is 9.53 Å². The minimum absolute atomic E-state index is 0.0484. The molecular formula is C15H23BrN2O2. The minimum atomic E-state index is -0.0538. The fraction of sp³-hybridized carbons (Fsp3) is 0.533. The van der Waals surface area contributed by atoms with E-state index in [0.717, 1.165) is 28.9 Å². The van der Waals surface area contributed by atoms with Gasteiger partial charge in [0.25, 0.3) is 5.91 Å². The monoisotopic (exact) mass is 342 g/mol. The average molecular weight is 343 g/mol. The van der Waals surface area contributed by atoms with Crippen molar-refractivity contribution in [2.45, 2.75) is 20.4 Å². The highest BCUT2D eigenvalue weighted by molar-refractivity contribution is 9.10. The summed E-state index contributed by atoms with van der Waals surface area (Å²) < 4.78 is 6.54. The molecule has 0 aliphatic heterocycles. The highest BCUT2D eigenvalue weighted by Gasteiger charge is 2.11. The predicted molar refractivity (Wildman–Crippen MR) is 84.9 cm³/mol. The Labute approximate surface area is 129 Å². The van der Waals surface area contributed by atoms with Crippen LogP contribution in [0, 0.1) is 5.92 Å². The van der Waals surface area contributed by atoms with Crippen LogP contribution in [0.1, 0.15) is 19.4 Å². The lowest BCUT2D eigenvalue weighted by atomic mass is 10.2. The maximum Gasteiger partial charge on any atom is 0.259 e. The van der Waals surface area contributed by atoms with E-state index < -0.39 is 0 Å². The normalized spacial score (nSPS) is 10.7. The van der Waals surface area contributed by atoms with Gasteiger partial charge < -0.3 is 15.0 Å². The second-order valence-electron chi connectivity index (χ2n) is 5.33. The topological polar surface area (TPSA) is 41.6 Å². The molecule has 5 heteroatoms. The molecule has 0 atom stereocenters. The first-order valence-electron chi connectivity index (χ1n) is 6.73. The van der Waals surface area contributed by atoms with Gasteiger partial charge in [-0.1, -0.05) is 26.0 Å². The lowest BCUT2D eigenvalue weighted by Crippen LogP contribution is -2.28. The summed E-state index contributed by atoms with van der Waals surface area (Å²) in [5.41, 5.74) is 1.05. The third kappa shape index (κ3) is 5.51. The Balaban J connectivity index is 2.70. The van der Waals surface area contributed by atoms with Crippen LogP contribution in [0.2, 0.25) is 0 Å². The molecule has 1 aromatic rings. The van der Waals surface area contributed by atoms with Crippen LogP contribution in [0.3, 0.4) is 0 Å². The van der Waals surface area contributed by atoms with Gasteiger partial charge in [-0.25, -0.2) is 0 Å². The van der Waals surface area contributed by atoms with Crippen LogP contribution >= 0.6 is 15.9 Å². The molecule has 4 nitrogen and oxygen atoms in total. The SMILES string of the molecule is CC(C)CNCc1cccc(Br)c1OCC(=O)N(C)C. The van der Waals surface area contributed by atoms with Gasteiger partial charge in [0.2, 0.25) is 0 Å². The molecule has 0 saturated heterocycles. The van der Waals surface area contributed by atoms with E-state index in [1.165, 1.54) is 4.90 Å². The summed E-state index contributed by atoms with van der Waals surface area (Å²) in [5, 5.41) is 3.38. The molecule has 0 heterocycles. The van der Waals surface area contributed by atoms with Crippen LogP contribution in [0.25, 0.3) is 0 Å². The van der Waals surface area contributed by atoms with Crippen LogP contribution < -0.4 is 10.1 Å². The molecule has 0 unspecified atom stereocenters. The lowest BCUT2D eigenvalue weighted by molar-refractivity contribution is -0.130. The van der Waals surface area contributed by atoms with E-state index in [2.05, 4.69) is 35.1 Å². The number of carbonyl (C=O) groups excluding carboxylic acids is 1. The van der Waals surface area contributed by atoms with E-state index in [0.29, 0.717) is 5.92 Å². The maximum absolute atomic E-state index is 11.6. The van der Waals surface area contributed by atoms with Gasteiger partial charge in [0.05, 0.1) is 4.47 Å². The highest BCUT2D eigenvalue weighted by atomic mass is 79.9. The first kappa shape index (κ1) is 17.0. The molecule has 1 aromatic carbocycles. The summed E-state index contributed by atoms with van der Waals surface area (Å²) in [4.78, 5) is 13.1. The van der Waals surface area contributed by atoms with Crippen molar-refractivity contribution in [3.8, 4) is 5.75 Å². The van der Waals surface area contributed by atoms with Crippen molar-refractivity contribution in [1.29, 1.82) is 0 Å². The van der Waals surface area contributed by atoms with E-state index >= 15 is 0 Å². The minimum Gasteiger partial charge on any atom is -0.482 e. The zero-order valence-electron chi connectivity index (χ0n) is 12.6. The average Bonchev–Trinajstić information content (AvgIpc) is 2.37. The number of hydrogen-bond acceptors (Lipinski definition) is 3. The van der Waals surface area contributed by atoms with Gasteiger partial charge >= 0.3 is 0 Å². The van der Waals surface area contributed by atoms with Crippen molar-refractivity contribution in [3.05, 3.63) is 28.2 Å². The van der Waals surface area contributed by atoms with Gasteiger partial charge in [-0.15, -0.1) is 0 Å². The Bertz CT molecular complexity index is 447. The summed E-state index contributed by atoms with van der Waals surface area (Å²) in [6.45, 7) is 6.06. The Hall–Kier alpha value is -1.07. The van der Waals surface area contributed by atoms with Gasteiger partial charge in [0.1, 0.15) is 5.75 Å². The summed E-state index contributed by atoms with van der Waals surface area (Å²) in [5.74, 6) is 1.28. The molecule has 1 N–H and O–H groups in total. The quantitative estimate of drug-likeness (QED) is 0.828. The predicted octanol–water partition coefficient (Wildman–Crippen LogP) is 2.66. The Morgan fingerprint density at radius 2 is 2.10 bits per heavy atom. The number of hydrogen-bond donors (Lipinski definition) is 1. The Morgan fingerprint density at radius 1 is 1.40 bits per heavy atom. The first-order chi connectivity index (χ1) is 9.41. The standard InChI is InChI=1S/C15H23BrN2O2/c1-11(2)8-17-9-12-6-5-7-13(16)15(12)20-10-14(19)18(3)4/h5-7,11,17H,8-10H2,1-4H3. The molecule has 0 aliphatic carbocycles. The van der Waals surface area contributed by atoms with Crippen molar-refractivity contribution in [1.82, 2.24) is 10.2 Å².